The SMILES string of the molecule is C=C[Si](C)(C)OC(C)(C)C(c1ccccc1)(c1ccccc1)[Si](C)(C)C=C. The molecular weight excluding hydrogens is 360 g/mol. The first kappa shape index (κ1) is 21.6. The van der Waals surface area contributed by atoms with Gasteiger partial charge >= 0.3 is 0 Å². The number of benzene rings is 2. The molecule has 0 aliphatic carbocycles. The van der Waals surface area contributed by atoms with Crippen molar-refractivity contribution in [1.82, 2.24) is 0 Å². The minimum absolute atomic E-state index is 0.280. The molecule has 2 rings (SSSR count). The summed E-state index contributed by atoms with van der Waals surface area (Å²) in [5, 5.41) is -0.280. The van der Waals surface area contributed by atoms with Crippen molar-refractivity contribution in [3.05, 3.63) is 96.3 Å². The average Bonchev–Trinajstić information content (AvgIpc) is 2.63. The monoisotopic (exact) mass is 394 g/mol. The first-order valence-corrected chi connectivity index (χ1v) is 15.7. The molecule has 0 fully saturated rings. The summed E-state index contributed by atoms with van der Waals surface area (Å²) in [6.07, 6.45) is 0. The van der Waals surface area contributed by atoms with Crippen molar-refractivity contribution in [3.8, 4) is 0 Å². The maximum absolute atomic E-state index is 6.94. The van der Waals surface area contributed by atoms with E-state index in [2.05, 4.69) is 120 Å². The molecule has 3 heteroatoms. The van der Waals surface area contributed by atoms with Gasteiger partial charge in [0.15, 0.2) is 0 Å². The fraction of sp³-hybridized carbons (Fsp3) is 0.333. The van der Waals surface area contributed by atoms with Gasteiger partial charge in [-0.25, -0.2) is 0 Å². The van der Waals surface area contributed by atoms with Gasteiger partial charge in [-0.15, -0.1) is 18.9 Å². The predicted molar refractivity (Wildman–Crippen MR) is 124 cm³/mol. The Bertz CT molecular complexity index is 737. The smallest absolute Gasteiger partial charge is 0.211 e. The quantitative estimate of drug-likeness (QED) is 0.454. The van der Waals surface area contributed by atoms with Crippen LogP contribution in [0.1, 0.15) is 25.0 Å². The maximum Gasteiger partial charge on any atom is 0.211 e. The van der Waals surface area contributed by atoms with Crippen molar-refractivity contribution < 1.29 is 4.43 Å². The summed E-state index contributed by atoms with van der Waals surface area (Å²) in [4.78, 5) is 0. The molecule has 0 bridgehead atoms. The summed E-state index contributed by atoms with van der Waals surface area (Å²) in [6.45, 7) is 22.1. The molecule has 0 saturated carbocycles. The van der Waals surface area contributed by atoms with Crippen LogP contribution < -0.4 is 0 Å². The van der Waals surface area contributed by atoms with Crippen molar-refractivity contribution >= 4 is 16.4 Å². The van der Waals surface area contributed by atoms with Crippen LogP contribution >= 0.6 is 0 Å². The molecule has 0 unspecified atom stereocenters. The second-order valence-electron chi connectivity index (χ2n) is 8.83. The Morgan fingerprint density at radius 1 is 0.741 bits per heavy atom. The average molecular weight is 395 g/mol. The van der Waals surface area contributed by atoms with Gasteiger partial charge in [0.05, 0.1) is 13.7 Å². The van der Waals surface area contributed by atoms with E-state index in [-0.39, 0.29) is 5.04 Å². The molecule has 0 aromatic heterocycles. The van der Waals surface area contributed by atoms with E-state index >= 15 is 0 Å². The minimum Gasteiger partial charge on any atom is -0.408 e. The molecule has 0 aliphatic heterocycles. The number of hydrogen-bond acceptors (Lipinski definition) is 1. The molecule has 0 saturated heterocycles. The molecule has 0 heterocycles. The van der Waals surface area contributed by atoms with Crippen LogP contribution in [0.4, 0.5) is 0 Å². The molecule has 1 nitrogen and oxygen atoms in total. The van der Waals surface area contributed by atoms with Gasteiger partial charge in [-0.1, -0.05) is 79.5 Å². The van der Waals surface area contributed by atoms with E-state index in [1.807, 2.05) is 5.70 Å². The van der Waals surface area contributed by atoms with E-state index in [9.17, 15) is 0 Å². The first-order valence-electron chi connectivity index (χ1n) is 9.62. The van der Waals surface area contributed by atoms with E-state index in [1.165, 1.54) is 11.1 Å². The van der Waals surface area contributed by atoms with Crippen LogP contribution in [-0.4, -0.2) is 22.0 Å². The lowest BCUT2D eigenvalue weighted by Crippen LogP contribution is -2.66. The van der Waals surface area contributed by atoms with Gasteiger partial charge in [-0.2, -0.15) is 0 Å². The molecule has 0 N–H and O–H groups in total. The van der Waals surface area contributed by atoms with E-state index in [1.54, 1.807) is 0 Å². The van der Waals surface area contributed by atoms with E-state index in [4.69, 9.17) is 4.43 Å². The standard InChI is InChI=1S/C24H34OSi2/c1-9-26(5,6)24(21-17-13-11-14-18-21,22-19-15-12-16-20-22)23(3,4)25-27(7,8)10-2/h9-20H,1-2H2,3-8H3. The third-order valence-corrected chi connectivity index (χ3v) is 12.0. The lowest BCUT2D eigenvalue weighted by molar-refractivity contribution is 0.0631. The number of rotatable bonds is 8. The molecule has 0 spiro atoms. The fourth-order valence-corrected chi connectivity index (χ4v) is 10.1. The van der Waals surface area contributed by atoms with Gasteiger partial charge in [-0.3, -0.25) is 0 Å². The van der Waals surface area contributed by atoms with Crippen molar-refractivity contribution in [2.75, 3.05) is 0 Å². The molecule has 2 aromatic rings. The largest absolute Gasteiger partial charge is 0.408 e. The van der Waals surface area contributed by atoms with Crippen molar-refractivity contribution in [2.24, 2.45) is 0 Å². The Hall–Kier alpha value is -1.69. The molecular formula is C24H34OSi2. The normalized spacial score (nSPS) is 13.3. The van der Waals surface area contributed by atoms with E-state index < -0.39 is 22.0 Å². The Labute approximate surface area is 167 Å². The second-order valence-corrected chi connectivity index (χ2v) is 17.2. The van der Waals surface area contributed by atoms with Gasteiger partial charge in [0.2, 0.25) is 8.32 Å². The van der Waals surface area contributed by atoms with Gasteiger partial charge in [-0.05, 0) is 38.1 Å². The maximum atomic E-state index is 6.94. The van der Waals surface area contributed by atoms with Crippen LogP contribution in [0.15, 0.2) is 85.2 Å². The highest BCUT2D eigenvalue weighted by Gasteiger charge is 2.58. The Morgan fingerprint density at radius 2 is 1.15 bits per heavy atom. The van der Waals surface area contributed by atoms with Gasteiger partial charge < -0.3 is 4.43 Å². The van der Waals surface area contributed by atoms with Crippen molar-refractivity contribution in [1.29, 1.82) is 0 Å². The molecule has 0 aliphatic rings. The molecule has 2 aromatic carbocycles. The number of hydrogen-bond donors (Lipinski definition) is 0. The highest BCUT2D eigenvalue weighted by Crippen LogP contribution is 2.51. The lowest BCUT2D eigenvalue weighted by Gasteiger charge is -2.56. The molecule has 27 heavy (non-hydrogen) atoms. The summed E-state index contributed by atoms with van der Waals surface area (Å²) >= 11 is 0. The van der Waals surface area contributed by atoms with Crippen molar-refractivity contribution in [3.63, 3.8) is 0 Å². The minimum atomic E-state index is -2.06. The summed E-state index contributed by atoms with van der Waals surface area (Å²) in [5.74, 6) is 0. The van der Waals surface area contributed by atoms with Gasteiger partial charge in [0, 0.05) is 5.04 Å². The van der Waals surface area contributed by atoms with Crippen LogP contribution in [-0.2, 0) is 9.46 Å². The fourth-order valence-electron chi connectivity index (χ4n) is 4.69. The van der Waals surface area contributed by atoms with Gasteiger partial charge in [0.1, 0.15) is 0 Å². The molecule has 0 atom stereocenters. The molecule has 0 radical (unpaired) electrons. The Morgan fingerprint density at radius 3 is 1.48 bits per heavy atom. The Balaban J connectivity index is 2.93. The highest BCUT2D eigenvalue weighted by molar-refractivity contribution is 6.86. The zero-order valence-corrected chi connectivity index (χ0v) is 19.8. The molecule has 0 amide bonds. The van der Waals surface area contributed by atoms with Crippen LogP contribution in [0.2, 0.25) is 26.2 Å². The van der Waals surface area contributed by atoms with E-state index in [0.29, 0.717) is 0 Å². The molecule has 144 valence electrons. The lowest BCUT2D eigenvalue weighted by atomic mass is 9.78. The third kappa shape index (κ3) is 3.82. The first-order chi connectivity index (χ1) is 12.5. The van der Waals surface area contributed by atoms with Crippen molar-refractivity contribution in [2.45, 2.75) is 50.7 Å². The summed E-state index contributed by atoms with van der Waals surface area (Å²) in [7, 11) is -4.09. The topological polar surface area (TPSA) is 9.23 Å². The van der Waals surface area contributed by atoms with Crippen LogP contribution in [0.3, 0.4) is 0 Å². The van der Waals surface area contributed by atoms with Crippen LogP contribution in [0.5, 0.6) is 0 Å². The Kier molecular flexibility index (Phi) is 6.20. The second kappa shape index (κ2) is 7.74. The summed E-state index contributed by atoms with van der Waals surface area (Å²) < 4.78 is 6.94. The zero-order chi connectivity index (χ0) is 20.3. The van der Waals surface area contributed by atoms with Gasteiger partial charge in [0.25, 0.3) is 0 Å². The summed E-state index contributed by atoms with van der Waals surface area (Å²) in [6, 6.07) is 21.7. The summed E-state index contributed by atoms with van der Waals surface area (Å²) in [5.41, 5.74) is 6.40. The highest BCUT2D eigenvalue weighted by atomic mass is 28.4. The van der Waals surface area contributed by atoms with Crippen LogP contribution in [0, 0.1) is 0 Å². The predicted octanol–water partition coefficient (Wildman–Crippen LogP) is 6.67. The van der Waals surface area contributed by atoms with E-state index in [0.717, 1.165) is 0 Å². The van der Waals surface area contributed by atoms with Crippen LogP contribution in [0.25, 0.3) is 0 Å². The third-order valence-electron chi connectivity index (χ3n) is 5.80. The zero-order valence-electron chi connectivity index (χ0n) is 17.8.